The van der Waals surface area contributed by atoms with Crippen LogP contribution >= 0.6 is 7.82 Å². The predicted molar refractivity (Wildman–Crippen MR) is 225 cm³/mol. The summed E-state index contributed by atoms with van der Waals surface area (Å²) >= 11 is 0. The SMILES string of the molecule is CCCCCC/C=C\CCCCCCCC(=O)O[C@H](COC(=O)CCC/C=C\C/C=C\C/C=C\C/C=C\[C@@H](O)CCCC)COP(=O)(O)OCC[N+](C)(C)C. The van der Waals surface area contributed by atoms with Crippen molar-refractivity contribution in [3.63, 3.8) is 0 Å². The van der Waals surface area contributed by atoms with Gasteiger partial charge in [0.1, 0.15) is 19.8 Å². The van der Waals surface area contributed by atoms with Gasteiger partial charge in [0.25, 0.3) is 0 Å². The second-order valence-corrected chi connectivity index (χ2v) is 16.6. The van der Waals surface area contributed by atoms with Gasteiger partial charge in [0, 0.05) is 12.8 Å². The number of phosphoric ester groups is 1. The Hall–Kier alpha value is -2.33. The zero-order chi connectivity index (χ0) is 40.9. The van der Waals surface area contributed by atoms with Gasteiger partial charge >= 0.3 is 19.8 Å². The van der Waals surface area contributed by atoms with Crippen molar-refractivity contribution in [2.24, 2.45) is 0 Å². The molecule has 0 saturated carbocycles. The molecule has 0 saturated heterocycles. The number of quaternary nitrogens is 1. The number of carbonyl (C=O) groups excluding carboxylic acids is 2. The number of hydrogen-bond acceptors (Lipinski definition) is 8. The van der Waals surface area contributed by atoms with Crippen LogP contribution in [-0.2, 0) is 32.7 Å². The molecule has 0 aliphatic heterocycles. The fourth-order valence-corrected chi connectivity index (χ4v) is 5.94. The summed E-state index contributed by atoms with van der Waals surface area (Å²) in [7, 11) is 1.41. The van der Waals surface area contributed by atoms with Crippen LogP contribution in [0.2, 0.25) is 0 Å². The molecule has 0 aliphatic rings. The Morgan fingerprint density at radius 1 is 0.636 bits per heavy atom. The highest BCUT2D eigenvalue weighted by atomic mass is 31.2. The van der Waals surface area contributed by atoms with Gasteiger partial charge in [-0.3, -0.25) is 18.6 Å². The summed E-state index contributed by atoms with van der Waals surface area (Å²) in [5.41, 5.74) is 0. The van der Waals surface area contributed by atoms with Crippen LogP contribution in [0.4, 0.5) is 0 Å². The molecule has 0 aromatic rings. The monoisotopic (exact) mass is 797 g/mol. The van der Waals surface area contributed by atoms with E-state index in [1.165, 1.54) is 25.7 Å². The lowest BCUT2D eigenvalue weighted by atomic mass is 10.1. The fourth-order valence-electron chi connectivity index (χ4n) is 5.19. The topological polar surface area (TPSA) is 129 Å². The van der Waals surface area contributed by atoms with Crippen molar-refractivity contribution >= 4 is 19.8 Å². The Bertz CT molecular complexity index is 1140. The van der Waals surface area contributed by atoms with Crippen molar-refractivity contribution in [3.05, 3.63) is 60.8 Å². The van der Waals surface area contributed by atoms with E-state index in [4.69, 9.17) is 18.5 Å². The number of aliphatic hydroxyl groups excluding tert-OH is 1. The first-order valence-corrected chi connectivity index (χ1v) is 22.6. The van der Waals surface area contributed by atoms with E-state index in [1.807, 2.05) is 39.4 Å². The lowest BCUT2D eigenvalue weighted by Gasteiger charge is -2.24. The van der Waals surface area contributed by atoms with Crippen LogP contribution in [0, 0.1) is 0 Å². The largest absolute Gasteiger partial charge is 0.472 e. The molecule has 55 heavy (non-hydrogen) atoms. The van der Waals surface area contributed by atoms with Crippen LogP contribution in [0.3, 0.4) is 0 Å². The molecule has 0 bridgehead atoms. The molecule has 0 heterocycles. The van der Waals surface area contributed by atoms with Crippen molar-refractivity contribution in [3.8, 4) is 0 Å². The molecule has 0 aromatic carbocycles. The van der Waals surface area contributed by atoms with E-state index >= 15 is 0 Å². The summed E-state index contributed by atoms with van der Waals surface area (Å²) < 4.78 is 34.1. The maximum atomic E-state index is 12.6. The first-order chi connectivity index (χ1) is 26.4. The van der Waals surface area contributed by atoms with Gasteiger partial charge in [-0.25, -0.2) is 4.57 Å². The van der Waals surface area contributed by atoms with E-state index in [1.54, 1.807) is 0 Å². The molecule has 0 aliphatic carbocycles. The molecule has 3 atom stereocenters. The highest BCUT2D eigenvalue weighted by molar-refractivity contribution is 7.47. The minimum absolute atomic E-state index is 0.0124. The van der Waals surface area contributed by atoms with Gasteiger partial charge in [-0.1, -0.05) is 126 Å². The lowest BCUT2D eigenvalue weighted by molar-refractivity contribution is -0.870. The molecule has 0 spiro atoms. The number of ether oxygens (including phenoxy) is 2. The van der Waals surface area contributed by atoms with Gasteiger partial charge in [0.05, 0.1) is 33.9 Å². The zero-order valence-electron chi connectivity index (χ0n) is 35.3. The summed E-state index contributed by atoms with van der Waals surface area (Å²) in [4.78, 5) is 35.3. The second-order valence-electron chi connectivity index (χ2n) is 15.2. The average Bonchev–Trinajstić information content (AvgIpc) is 3.13. The average molecular weight is 797 g/mol. The van der Waals surface area contributed by atoms with Gasteiger partial charge in [0.15, 0.2) is 6.10 Å². The standard InChI is InChI=1S/C44H78NO9P/c1-6-8-10-11-12-13-14-15-20-23-26-29-32-36-44(48)54-42(40-53-55(49,50)52-38-37-45(3,4)5)39-51-43(47)35-31-28-25-22-19-17-16-18-21-24-27-30-34-41(46)33-9-7-2/h13-14,16-17,21-22,24-25,30,34,41-42,46H,6-12,15,18-20,23,26-29,31-33,35-40H2,1-5H3/p+1/b14-13-,17-16-,24-21-,25-22-,34-30-/t41-,42+/m0/s1. The van der Waals surface area contributed by atoms with E-state index in [-0.39, 0.29) is 32.2 Å². The fraction of sp³-hybridized carbons (Fsp3) is 0.727. The van der Waals surface area contributed by atoms with E-state index < -0.39 is 32.5 Å². The van der Waals surface area contributed by atoms with Crippen LogP contribution in [-0.4, -0.2) is 86.1 Å². The summed E-state index contributed by atoms with van der Waals surface area (Å²) in [5.74, 6) is -0.903. The first-order valence-electron chi connectivity index (χ1n) is 21.1. The molecule has 2 N–H and O–H groups in total. The van der Waals surface area contributed by atoms with E-state index in [0.29, 0.717) is 23.9 Å². The number of carbonyl (C=O) groups is 2. The van der Waals surface area contributed by atoms with Crippen LogP contribution in [0.5, 0.6) is 0 Å². The van der Waals surface area contributed by atoms with Crippen molar-refractivity contribution in [1.29, 1.82) is 0 Å². The van der Waals surface area contributed by atoms with Gasteiger partial charge in [0.2, 0.25) is 0 Å². The highest BCUT2D eigenvalue weighted by Gasteiger charge is 2.27. The Balaban J connectivity index is 4.53. The molecule has 0 aromatic heterocycles. The number of allylic oxidation sites excluding steroid dienone is 9. The number of hydrogen-bond donors (Lipinski definition) is 2. The van der Waals surface area contributed by atoms with Crippen LogP contribution in [0.25, 0.3) is 0 Å². The molecular formula is C44H79NO9P+. The summed E-state index contributed by atoms with van der Waals surface area (Å²) in [6, 6.07) is 0. The van der Waals surface area contributed by atoms with E-state index in [0.717, 1.165) is 83.5 Å². The Morgan fingerprint density at radius 3 is 1.80 bits per heavy atom. The third kappa shape index (κ3) is 39.7. The van der Waals surface area contributed by atoms with Gasteiger partial charge in [-0.2, -0.15) is 0 Å². The summed E-state index contributed by atoms with van der Waals surface area (Å²) in [5, 5.41) is 9.81. The molecule has 0 rings (SSSR count). The maximum absolute atomic E-state index is 12.6. The third-order valence-electron chi connectivity index (χ3n) is 8.59. The molecule has 318 valence electrons. The predicted octanol–water partition coefficient (Wildman–Crippen LogP) is 10.7. The molecule has 1 unspecified atom stereocenters. The first kappa shape index (κ1) is 52.7. The van der Waals surface area contributed by atoms with Gasteiger partial charge in [-0.15, -0.1) is 0 Å². The molecule has 10 nitrogen and oxygen atoms in total. The Morgan fingerprint density at radius 2 is 1.16 bits per heavy atom. The molecule has 0 radical (unpaired) electrons. The van der Waals surface area contributed by atoms with Crippen molar-refractivity contribution in [1.82, 2.24) is 0 Å². The summed E-state index contributed by atoms with van der Waals surface area (Å²) in [6.45, 7) is 4.14. The van der Waals surface area contributed by atoms with Crippen LogP contribution in [0.1, 0.15) is 149 Å². The van der Waals surface area contributed by atoms with Gasteiger partial charge < -0.3 is 24.0 Å². The lowest BCUT2D eigenvalue weighted by Crippen LogP contribution is -2.37. The van der Waals surface area contributed by atoms with Crippen molar-refractivity contribution < 1.29 is 47.2 Å². The second kappa shape index (κ2) is 36.0. The van der Waals surface area contributed by atoms with Gasteiger partial charge in [-0.05, 0) is 70.6 Å². The number of aliphatic hydroxyl groups is 1. The number of unbranched alkanes of at least 4 members (excludes halogenated alkanes) is 11. The normalized spacial score (nSPS) is 14.8. The maximum Gasteiger partial charge on any atom is 0.472 e. The van der Waals surface area contributed by atoms with Crippen LogP contribution in [0.15, 0.2) is 60.8 Å². The minimum Gasteiger partial charge on any atom is -0.462 e. The Kier molecular flexibility index (Phi) is 34.5. The van der Waals surface area contributed by atoms with Crippen LogP contribution < -0.4 is 0 Å². The van der Waals surface area contributed by atoms with Crippen molar-refractivity contribution in [2.75, 3.05) is 47.5 Å². The number of phosphoric acid groups is 1. The minimum atomic E-state index is -4.40. The summed E-state index contributed by atoms with van der Waals surface area (Å²) in [6.07, 6.45) is 38.9. The quantitative estimate of drug-likeness (QED) is 0.0207. The number of rotatable bonds is 37. The molecule has 0 fully saturated rings. The third-order valence-corrected chi connectivity index (χ3v) is 9.58. The molecule has 0 amide bonds. The molecule has 11 heteroatoms. The van der Waals surface area contributed by atoms with Crippen molar-refractivity contribution in [2.45, 2.75) is 161 Å². The number of nitrogens with zero attached hydrogens (tertiary/aromatic N) is 1. The van der Waals surface area contributed by atoms with E-state index in [2.05, 4.69) is 56.4 Å². The number of likely N-dealkylation sites (N-methyl/N-ethyl adjacent to an activating group) is 1. The smallest absolute Gasteiger partial charge is 0.462 e. The number of esters is 2. The highest BCUT2D eigenvalue weighted by Crippen LogP contribution is 2.43. The zero-order valence-corrected chi connectivity index (χ0v) is 36.1. The Labute approximate surface area is 335 Å². The van der Waals surface area contributed by atoms with E-state index in [9.17, 15) is 24.2 Å². The molecular weight excluding hydrogens is 717 g/mol.